The molecule has 2 heterocycles. The zero-order chi connectivity index (χ0) is 22.6. The van der Waals surface area contributed by atoms with Gasteiger partial charge in [-0.15, -0.1) is 0 Å². The molecule has 2 aliphatic heterocycles. The van der Waals surface area contributed by atoms with Crippen molar-refractivity contribution in [2.75, 3.05) is 6.61 Å². The van der Waals surface area contributed by atoms with E-state index in [1.54, 1.807) is 0 Å². The van der Waals surface area contributed by atoms with Gasteiger partial charge < -0.3 is 4.74 Å². The highest BCUT2D eigenvalue weighted by atomic mass is 16.6. The predicted octanol–water partition coefficient (Wildman–Crippen LogP) is 6.74. The van der Waals surface area contributed by atoms with Crippen LogP contribution >= 0.6 is 0 Å². The molecule has 0 radical (unpaired) electrons. The Balaban J connectivity index is 1.08. The molecule has 1 fully saturated rings. The summed E-state index contributed by atoms with van der Waals surface area (Å²) in [5, 5.41) is 0. The van der Waals surface area contributed by atoms with Crippen LogP contribution in [0.2, 0.25) is 0 Å². The van der Waals surface area contributed by atoms with Gasteiger partial charge in [0.05, 0.1) is 6.04 Å². The summed E-state index contributed by atoms with van der Waals surface area (Å²) < 4.78 is 6.01. The first kappa shape index (κ1) is 19.8. The Morgan fingerprint density at radius 3 is 2.29 bits per heavy atom. The topological polar surface area (TPSA) is 29.5 Å². The third kappa shape index (κ3) is 3.07. The van der Waals surface area contributed by atoms with Gasteiger partial charge in [-0.3, -0.25) is 4.90 Å². The van der Waals surface area contributed by atoms with E-state index in [2.05, 4.69) is 84.9 Å². The van der Waals surface area contributed by atoms with Crippen LogP contribution in [-0.4, -0.2) is 29.7 Å². The smallest absolute Gasteiger partial charge is 0.410 e. The van der Waals surface area contributed by atoms with Crippen LogP contribution in [0.1, 0.15) is 47.4 Å². The number of nitrogens with zero attached hydrogens (tertiary/aromatic N) is 1. The van der Waals surface area contributed by atoms with Crippen molar-refractivity contribution in [2.24, 2.45) is 0 Å². The SMILES string of the molecule is O=C(OCC1c2ccccc2-c2ccccc21)N1C2C=C(C3=Cc4ccccc4C3)CC1CC2. The summed E-state index contributed by atoms with van der Waals surface area (Å²) in [5.74, 6) is 0.104. The van der Waals surface area contributed by atoms with Crippen LogP contribution in [0.4, 0.5) is 4.79 Å². The molecule has 2 bridgehead atoms. The summed E-state index contributed by atoms with van der Waals surface area (Å²) >= 11 is 0. The predicted molar refractivity (Wildman–Crippen MR) is 135 cm³/mol. The maximum atomic E-state index is 13.3. The van der Waals surface area contributed by atoms with E-state index in [0.717, 1.165) is 25.7 Å². The van der Waals surface area contributed by atoms with Gasteiger partial charge in [0, 0.05) is 12.0 Å². The number of fused-ring (bicyclic) bond motifs is 6. The van der Waals surface area contributed by atoms with Gasteiger partial charge >= 0.3 is 6.09 Å². The first-order chi connectivity index (χ1) is 16.8. The van der Waals surface area contributed by atoms with Crippen LogP contribution < -0.4 is 0 Å². The lowest BCUT2D eigenvalue weighted by Gasteiger charge is -2.34. The molecule has 2 atom stereocenters. The summed E-state index contributed by atoms with van der Waals surface area (Å²) in [4.78, 5) is 15.3. The lowest BCUT2D eigenvalue weighted by Crippen LogP contribution is -2.44. The summed E-state index contributed by atoms with van der Waals surface area (Å²) in [6.07, 6.45) is 8.53. The fourth-order valence-electron chi connectivity index (χ4n) is 6.51. The molecule has 0 spiro atoms. The average molecular weight is 446 g/mol. The van der Waals surface area contributed by atoms with Gasteiger partial charge in [-0.1, -0.05) is 84.9 Å². The molecule has 3 heteroatoms. The third-order valence-electron chi connectivity index (χ3n) is 8.12. The molecule has 3 aromatic rings. The van der Waals surface area contributed by atoms with Crippen LogP contribution in [0.5, 0.6) is 0 Å². The normalized spacial score (nSPS) is 22.1. The van der Waals surface area contributed by atoms with Crippen LogP contribution in [0.3, 0.4) is 0 Å². The van der Waals surface area contributed by atoms with Crippen molar-refractivity contribution in [1.82, 2.24) is 4.90 Å². The van der Waals surface area contributed by atoms with E-state index in [0.29, 0.717) is 6.61 Å². The zero-order valence-electron chi connectivity index (χ0n) is 19.1. The lowest BCUT2D eigenvalue weighted by atomic mass is 9.93. The lowest BCUT2D eigenvalue weighted by molar-refractivity contribution is 0.0852. The van der Waals surface area contributed by atoms with Crippen molar-refractivity contribution in [3.05, 3.63) is 112 Å². The Bertz CT molecular complexity index is 1320. The van der Waals surface area contributed by atoms with Crippen molar-refractivity contribution in [1.29, 1.82) is 0 Å². The highest BCUT2D eigenvalue weighted by molar-refractivity contribution is 5.79. The third-order valence-corrected chi connectivity index (χ3v) is 8.12. The quantitative estimate of drug-likeness (QED) is 0.447. The number of benzene rings is 3. The van der Waals surface area contributed by atoms with Crippen LogP contribution in [-0.2, 0) is 11.2 Å². The first-order valence-electron chi connectivity index (χ1n) is 12.4. The highest BCUT2D eigenvalue weighted by Crippen LogP contribution is 2.45. The van der Waals surface area contributed by atoms with Crippen molar-refractivity contribution in [3.8, 4) is 11.1 Å². The van der Waals surface area contributed by atoms with Gasteiger partial charge in [0.15, 0.2) is 0 Å². The van der Waals surface area contributed by atoms with Gasteiger partial charge in [-0.25, -0.2) is 4.79 Å². The van der Waals surface area contributed by atoms with Crippen molar-refractivity contribution in [2.45, 2.75) is 43.7 Å². The van der Waals surface area contributed by atoms with Gasteiger partial charge in [-0.2, -0.15) is 0 Å². The van der Waals surface area contributed by atoms with Gasteiger partial charge in [0.1, 0.15) is 6.61 Å². The highest BCUT2D eigenvalue weighted by Gasteiger charge is 2.41. The average Bonchev–Trinajstić information content (AvgIpc) is 3.53. The van der Waals surface area contributed by atoms with E-state index in [9.17, 15) is 4.79 Å². The number of carbonyl (C=O) groups is 1. The maximum Gasteiger partial charge on any atom is 0.410 e. The molecule has 0 aromatic heterocycles. The number of hydrogen-bond donors (Lipinski definition) is 0. The molecule has 1 saturated heterocycles. The molecule has 0 N–H and O–H groups in total. The van der Waals surface area contributed by atoms with Crippen LogP contribution in [0.25, 0.3) is 17.2 Å². The molecule has 168 valence electrons. The van der Waals surface area contributed by atoms with E-state index in [-0.39, 0.29) is 24.1 Å². The number of hydrogen-bond acceptors (Lipinski definition) is 2. The van der Waals surface area contributed by atoms with E-state index in [1.165, 1.54) is 44.5 Å². The Morgan fingerprint density at radius 2 is 1.56 bits per heavy atom. The fraction of sp³-hybridized carbons (Fsp3) is 0.258. The summed E-state index contributed by atoms with van der Waals surface area (Å²) in [5.41, 5.74) is 10.6. The Kier molecular flexibility index (Phi) is 4.51. The van der Waals surface area contributed by atoms with E-state index in [4.69, 9.17) is 4.74 Å². The van der Waals surface area contributed by atoms with E-state index in [1.807, 2.05) is 4.90 Å². The Hall–Kier alpha value is -3.59. The number of carbonyl (C=O) groups excluding carboxylic acids is 1. The Morgan fingerprint density at radius 1 is 0.853 bits per heavy atom. The van der Waals surface area contributed by atoms with E-state index >= 15 is 0 Å². The standard InChI is InChI=1S/C31H27NO2/c33-31(34-19-30-28-11-5-3-9-26(28)27-10-4-6-12-29(27)30)32-24-13-14-25(32)18-23(17-24)22-15-20-7-1-2-8-21(20)16-22/h1-12,15,17,24-25,30H,13-14,16,18-19H2. The van der Waals surface area contributed by atoms with Crippen molar-refractivity contribution in [3.63, 3.8) is 0 Å². The minimum absolute atomic E-state index is 0.104. The number of rotatable bonds is 3. The first-order valence-corrected chi connectivity index (χ1v) is 12.4. The summed E-state index contributed by atoms with van der Waals surface area (Å²) in [7, 11) is 0. The second kappa shape index (κ2) is 7.73. The molecule has 3 aromatic carbocycles. The summed E-state index contributed by atoms with van der Waals surface area (Å²) in [6, 6.07) is 26.0. The largest absolute Gasteiger partial charge is 0.448 e. The second-order valence-electron chi connectivity index (χ2n) is 9.95. The molecule has 2 unspecified atom stereocenters. The second-order valence-corrected chi connectivity index (χ2v) is 9.95. The molecule has 0 saturated carbocycles. The molecule has 1 amide bonds. The molecular formula is C31H27NO2. The number of allylic oxidation sites excluding steroid dienone is 1. The van der Waals surface area contributed by atoms with E-state index < -0.39 is 0 Å². The van der Waals surface area contributed by atoms with Crippen molar-refractivity contribution < 1.29 is 9.53 Å². The van der Waals surface area contributed by atoms with Crippen LogP contribution in [0.15, 0.2) is 90.0 Å². The molecule has 34 heavy (non-hydrogen) atoms. The Labute approximate surface area is 200 Å². The minimum Gasteiger partial charge on any atom is -0.448 e. The number of amides is 1. The minimum atomic E-state index is -0.159. The summed E-state index contributed by atoms with van der Waals surface area (Å²) in [6.45, 7) is 0.389. The van der Waals surface area contributed by atoms with Gasteiger partial charge in [-0.05, 0) is 70.2 Å². The number of ether oxygens (including phenoxy) is 1. The fourth-order valence-corrected chi connectivity index (χ4v) is 6.51. The zero-order valence-corrected chi connectivity index (χ0v) is 19.1. The van der Waals surface area contributed by atoms with Crippen LogP contribution in [0, 0.1) is 0 Å². The van der Waals surface area contributed by atoms with Gasteiger partial charge in [0.25, 0.3) is 0 Å². The molecule has 4 aliphatic rings. The maximum absolute atomic E-state index is 13.3. The molecule has 7 rings (SSSR count). The molecular weight excluding hydrogens is 418 g/mol. The molecule has 3 nitrogen and oxygen atoms in total. The van der Waals surface area contributed by atoms with Gasteiger partial charge in [0.2, 0.25) is 0 Å². The van der Waals surface area contributed by atoms with Crippen molar-refractivity contribution >= 4 is 12.2 Å². The molecule has 2 aliphatic carbocycles. The monoisotopic (exact) mass is 445 g/mol.